The van der Waals surface area contributed by atoms with Gasteiger partial charge in [0, 0.05) is 37.1 Å². The van der Waals surface area contributed by atoms with Gasteiger partial charge < -0.3 is 15.2 Å². The van der Waals surface area contributed by atoms with Gasteiger partial charge in [-0.2, -0.15) is 0 Å². The zero-order valence-corrected chi connectivity index (χ0v) is 19.6. The molecule has 4 aromatic rings. The number of pyridine rings is 2. The number of halogens is 1. The van der Waals surface area contributed by atoms with Crippen LogP contribution in [0.3, 0.4) is 0 Å². The highest BCUT2D eigenvalue weighted by Crippen LogP contribution is 2.48. The van der Waals surface area contributed by atoms with E-state index in [1.165, 1.54) is 12.8 Å². The lowest BCUT2D eigenvalue weighted by Crippen LogP contribution is -2.31. The number of anilines is 2. The van der Waals surface area contributed by atoms with Crippen molar-refractivity contribution in [2.24, 2.45) is 5.92 Å². The molecule has 0 radical (unpaired) electrons. The molecule has 0 atom stereocenters. The maximum atomic E-state index is 17.7. The summed E-state index contributed by atoms with van der Waals surface area (Å²) in [5.74, 6) is 1.25. The third-order valence-corrected chi connectivity index (χ3v) is 6.48. The van der Waals surface area contributed by atoms with Crippen LogP contribution in [0.25, 0.3) is 11.1 Å². The second-order valence-electron chi connectivity index (χ2n) is 9.07. The topological polar surface area (TPSA) is 81.1 Å². The molecule has 174 valence electrons. The summed E-state index contributed by atoms with van der Waals surface area (Å²) in [6.07, 6.45) is 5.55. The lowest BCUT2D eigenvalue weighted by Gasteiger charge is -2.32. The molecule has 3 aromatic heterocycles. The first-order chi connectivity index (χ1) is 16.4. The number of nitrogens with zero attached hydrogens (tertiary/aromatic N) is 4. The van der Waals surface area contributed by atoms with Crippen LogP contribution in [-0.4, -0.2) is 28.7 Å². The molecule has 6 nitrogen and oxygen atoms in total. The highest BCUT2D eigenvalue weighted by atomic mass is 19.1. The predicted octanol–water partition coefficient (Wildman–Crippen LogP) is 5.44. The van der Waals surface area contributed by atoms with Crippen molar-refractivity contribution in [3.05, 3.63) is 89.3 Å². The Labute approximate surface area is 198 Å². The number of benzene rings is 1. The van der Waals surface area contributed by atoms with Crippen LogP contribution >= 0.6 is 0 Å². The number of nitrogen functional groups attached to an aromatic ring is 1. The molecule has 0 aliphatic heterocycles. The Balaban J connectivity index is 1.81. The highest BCUT2D eigenvalue weighted by Gasteiger charge is 2.43. The predicted molar refractivity (Wildman–Crippen MR) is 131 cm³/mol. The van der Waals surface area contributed by atoms with Gasteiger partial charge in [0.25, 0.3) is 0 Å². The molecule has 5 rings (SSSR count). The minimum atomic E-state index is -2.13. The molecule has 7 heteroatoms. The van der Waals surface area contributed by atoms with Crippen LogP contribution in [0.15, 0.2) is 65.4 Å². The molecule has 1 fully saturated rings. The summed E-state index contributed by atoms with van der Waals surface area (Å²) in [6, 6.07) is 14.2. The van der Waals surface area contributed by atoms with E-state index in [0.717, 1.165) is 23.4 Å². The van der Waals surface area contributed by atoms with Crippen LogP contribution in [0.5, 0.6) is 0 Å². The Morgan fingerprint density at radius 3 is 2.21 bits per heavy atom. The van der Waals surface area contributed by atoms with E-state index < -0.39 is 5.67 Å². The summed E-state index contributed by atoms with van der Waals surface area (Å²) in [7, 11) is 1.97. The molecule has 0 spiro atoms. The van der Waals surface area contributed by atoms with Gasteiger partial charge in [-0.3, -0.25) is 9.97 Å². The van der Waals surface area contributed by atoms with E-state index in [4.69, 9.17) is 10.3 Å². The molecule has 1 aromatic carbocycles. The van der Waals surface area contributed by atoms with E-state index in [1.54, 1.807) is 48.8 Å². The molecule has 1 aliphatic carbocycles. The number of alkyl halides is 1. The second-order valence-corrected chi connectivity index (χ2v) is 9.07. The number of hydrogen-bond acceptors (Lipinski definition) is 6. The first kappa shape index (κ1) is 22.1. The molecular formula is C27H28FN5O. The van der Waals surface area contributed by atoms with Gasteiger partial charge in [0.1, 0.15) is 5.76 Å². The largest absolute Gasteiger partial charge is 0.397 e. The van der Waals surface area contributed by atoms with Gasteiger partial charge in [-0.15, -0.1) is 0 Å². The van der Waals surface area contributed by atoms with Crippen LogP contribution in [0.2, 0.25) is 0 Å². The van der Waals surface area contributed by atoms with Crippen molar-refractivity contribution in [3.63, 3.8) is 0 Å². The summed E-state index contributed by atoms with van der Waals surface area (Å²) in [5.41, 5.74) is 8.90. The molecule has 1 saturated carbocycles. The smallest absolute Gasteiger partial charge is 0.221 e. The summed E-state index contributed by atoms with van der Waals surface area (Å²) in [4.78, 5) is 10.9. The summed E-state index contributed by atoms with van der Waals surface area (Å²) in [5, 5.41) is 4.09. The Hall–Kier alpha value is -3.74. The first-order valence-corrected chi connectivity index (χ1v) is 11.5. The molecule has 0 unspecified atom stereocenters. The number of nitrogens with two attached hydrogens (primary N) is 1. The molecule has 0 saturated heterocycles. The van der Waals surface area contributed by atoms with E-state index in [2.05, 4.69) is 20.0 Å². The average Bonchev–Trinajstić information content (AvgIpc) is 3.60. The van der Waals surface area contributed by atoms with E-state index in [9.17, 15) is 0 Å². The van der Waals surface area contributed by atoms with Gasteiger partial charge in [0.15, 0.2) is 0 Å². The third-order valence-electron chi connectivity index (χ3n) is 6.48. The quantitative estimate of drug-likeness (QED) is 0.372. The molecule has 34 heavy (non-hydrogen) atoms. The van der Waals surface area contributed by atoms with Crippen LogP contribution in [0.4, 0.5) is 15.8 Å². The zero-order valence-electron chi connectivity index (χ0n) is 19.6. The highest BCUT2D eigenvalue weighted by molar-refractivity contribution is 5.83. The second kappa shape index (κ2) is 8.56. The number of aryl methyl sites for hydroxylation is 2. The number of rotatable bonds is 7. The van der Waals surface area contributed by atoms with Gasteiger partial charge in [-0.05, 0) is 74.6 Å². The molecule has 0 bridgehead atoms. The van der Waals surface area contributed by atoms with E-state index >= 15 is 4.39 Å². The number of hydrogen-bond donors (Lipinski definition) is 1. The summed E-state index contributed by atoms with van der Waals surface area (Å²) < 4.78 is 23.1. The van der Waals surface area contributed by atoms with Crippen LogP contribution in [0.1, 0.15) is 41.2 Å². The minimum absolute atomic E-state index is 0.255. The monoisotopic (exact) mass is 457 g/mol. The van der Waals surface area contributed by atoms with Crippen LogP contribution < -0.4 is 10.6 Å². The number of aromatic nitrogens is 3. The zero-order chi connectivity index (χ0) is 23.9. The fourth-order valence-corrected chi connectivity index (χ4v) is 4.70. The minimum Gasteiger partial charge on any atom is -0.397 e. The van der Waals surface area contributed by atoms with Crippen LogP contribution in [-0.2, 0) is 5.67 Å². The van der Waals surface area contributed by atoms with Crippen molar-refractivity contribution >= 4 is 11.4 Å². The van der Waals surface area contributed by atoms with Crippen molar-refractivity contribution < 1.29 is 8.91 Å². The normalized spacial score (nSPS) is 13.8. The van der Waals surface area contributed by atoms with Gasteiger partial charge in [0.2, 0.25) is 5.67 Å². The van der Waals surface area contributed by atoms with Crippen molar-refractivity contribution in [2.75, 3.05) is 24.2 Å². The van der Waals surface area contributed by atoms with Crippen molar-refractivity contribution in [1.82, 2.24) is 15.1 Å². The fraction of sp³-hybridized carbons (Fsp3) is 0.296. The van der Waals surface area contributed by atoms with E-state index in [-0.39, 0.29) is 11.4 Å². The Kier molecular flexibility index (Phi) is 5.55. The summed E-state index contributed by atoms with van der Waals surface area (Å²) >= 11 is 0. The van der Waals surface area contributed by atoms with Gasteiger partial charge in [-0.1, -0.05) is 17.3 Å². The SMILES string of the molecule is Cc1noc(C)c1-c1cc(N)c(N(C)CC2CC2)c(C(F)(c2ccccn2)c2ccccn2)c1. The van der Waals surface area contributed by atoms with Crippen molar-refractivity contribution in [1.29, 1.82) is 0 Å². The summed E-state index contributed by atoms with van der Waals surface area (Å²) in [6.45, 7) is 4.52. The standard InChI is InChI=1S/C27H28FN5O/c1-17-25(18(2)34-32-17)20-14-21(26(22(29)15-20)33(3)16-19-10-11-19)27(28,23-8-4-6-12-30-23)24-9-5-7-13-31-24/h4-9,12-15,19H,10-11,16,29H2,1-3H3. The Morgan fingerprint density at radius 1 is 1.06 bits per heavy atom. The Bertz CT molecular complexity index is 1240. The lowest BCUT2D eigenvalue weighted by atomic mass is 9.84. The van der Waals surface area contributed by atoms with Crippen LogP contribution in [0, 0.1) is 19.8 Å². The van der Waals surface area contributed by atoms with Crippen molar-refractivity contribution in [2.45, 2.75) is 32.4 Å². The lowest BCUT2D eigenvalue weighted by molar-refractivity contribution is 0.266. The van der Waals surface area contributed by atoms with Crippen molar-refractivity contribution in [3.8, 4) is 11.1 Å². The van der Waals surface area contributed by atoms with Gasteiger partial charge in [-0.25, -0.2) is 4.39 Å². The maximum absolute atomic E-state index is 17.7. The van der Waals surface area contributed by atoms with Gasteiger partial charge in [0.05, 0.1) is 28.5 Å². The average molecular weight is 458 g/mol. The van der Waals surface area contributed by atoms with E-state index in [1.807, 2.05) is 33.0 Å². The molecule has 1 aliphatic rings. The Morgan fingerprint density at radius 2 is 1.71 bits per heavy atom. The maximum Gasteiger partial charge on any atom is 0.221 e. The third kappa shape index (κ3) is 3.81. The molecular weight excluding hydrogens is 429 g/mol. The fourth-order valence-electron chi connectivity index (χ4n) is 4.70. The first-order valence-electron chi connectivity index (χ1n) is 11.5. The molecule has 0 amide bonds. The van der Waals surface area contributed by atoms with E-state index in [0.29, 0.717) is 28.6 Å². The van der Waals surface area contributed by atoms with Gasteiger partial charge >= 0.3 is 0 Å². The molecule has 2 N–H and O–H groups in total. The molecule has 3 heterocycles.